The maximum Gasteiger partial charge on any atom is 0.374 e. The predicted octanol–water partition coefficient (Wildman–Crippen LogP) is 0.655. The van der Waals surface area contributed by atoms with Crippen molar-refractivity contribution in [2.24, 2.45) is 0 Å². The standard InChI is InChI=1S/C13H14N4O4S/c1-3-21-13(18)11-15-12(10-6-4-5-8-17(10)11)22(19,20)16(2)9-7-14/h4-6,8H,3,9H2,1-2H3. The van der Waals surface area contributed by atoms with Gasteiger partial charge in [-0.3, -0.25) is 4.40 Å². The lowest BCUT2D eigenvalue weighted by molar-refractivity contribution is 0.0511. The molecule has 8 nitrogen and oxygen atoms in total. The fraction of sp³-hybridized carbons (Fsp3) is 0.308. The fourth-order valence-corrected chi connectivity index (χ4v) is 3.03. The number of nitrogens with zero attached hydrogens (tertiary/aromatic N) is 4. The van der Waals surface area contributed by atoms with Gasteiger partial charge in [0, 0.05) is 13.2 Å². The molecule has 0 radical (unpaired) electrons. The molecule has 0 amide bonds. The number of carbonyl (C=O) groups excluding carboxylic acids is 1. The Balaban J connectivity index is 2.66. The number of pyridine rings is 1. The second-order valence-electron chi connectivity index (χ2n) is 4.34. The zero-order valence-corrected chi connectivity index (χ0v) is 12.9. The molecular formula is C13H14N4O4S. The molecule has 0 aromatic carbocycles. The van der Waals surface area contributed by atoms with Crippen LogP contribution in [-0.4, -0.2) is 48.3 Å². The summed E-state index contributed by atoms with van der Waals surface area (Å²) < 4.78 is 32.1. The van der Waals surface area contributed by atoms with Crippen molar-refractivity contribution in [3.63, 3.8) is 0 Å². The number of carbonyl (C=O) groups is 1. The molecule has 0 spiro atoms. The van der Waals surface area contributed by atoms with Gasteiger partial charge in [-0.25, -0.2) is 18.2 Å². The molecule has 0 bridgehead atoms. The highest BCUT2D eigenvalue weighted by Crippen LogP contribution is 2.21. The van der Waals surface area contributed by atoms with E-state index in [1.165, 1.54) is 23.7 Å². The van der Waals surface area contributed by atoms with E-state index < -0.39 is 16.0 Å². The molecule has 0 fully saturated rings. The van der Waals surface area contributed by atoms with Gasteiger partial charge in [-0.15, -0.1) is 0 Å². The Bertz CT molecular complexity index is 851. The third-order valence-corrected chi connectivity index (χ3v) is 4.66. The highest BCUT2D eigenvalue weighted by Gasteiger charge is 2.29. The van der Waals surface area contributed by atoms with E-state index in [9.17, 15) is 13.2 Å². The summed E-state index contributed by atoms with van der Waals surface area (Å²) in [5, 5.41) is 8.38. The number of nitriles is 1. The number of aromatic nitrogens is 2. The lowest BCUT2D eigenvalue weighted by atomic mass is 10.4. The minimum Gasteiger partial charge on any atom is -0.460 e. The number of rotatable bonds is 5. The summed E-state index contributed by atoms with van der Waals surface area (Å²) >= 11 is 0. The molecule has 0 saturated heterocycles. The maximum atomic E-state index is 12.5. The van der Waals surface area contributed by atoms with E-state index in [0.717, 1.165) is 4.31 Å². The van der Waals surface area contributed by atoms with Gasteiger partial charge in [-0.05, 0) is 19.1 Å². The molecular weight excluding hydrogens is 308 g/mol. The minimum atomic E-state index is -3.98. The summed E-state index contributed by atoms with van der Waals surface area (Å²) in [5.41, 5.74) is 0.246. The van der Waals surface area contributed by atoms with E-state index >= 15 is 0 Å². The molecule has 2 aromatic heterocycles. The second-order valence-corrected chi connectivity index (χ2v) is 6.30. The van der Waals surface area contributed by atoms with Crippen molar-refractivity contribution in [2.75, 3.05) is 20.2 Å². The Morgan fingerprint density at radius 2 is 2.23 bits per heavy atom. The average molecular weight is 322 g/mol. The maximum absolute atomic E-state index is 12.5. The zero-order valence-electron chi connectivity index (χ0n) is 12.1. The van der Waals surface area contributed by atoms with Gasteiger partial charge in [0.2, 0.25) is 5.82 Å². The van der Waals surface area contributed by atoms with Crippen molar-refractivity contribution in [3.8, 4) is 6.07 Å². The van der Waals surface area contributed by atoms with Crippen LogP contribution in [0.5, 0.6) is 0 Å². The van der Waals surface area contributed by atoms with Gasteiger partial charge in [0.05, 0.1) is 18.2 Å². The van der Waals surface area contributed by atoms with Crippen LogP contribution >= 0.6 is 0 Å². The summed E-state index contributed by atoms with van der Waals surface area (Å²) in [6.07, 6.45) is 1.53. The largest absolute Gasteiger partial charge is 0.460 e. The van der Waals surface area contributed by atoms with Crippen molar-refractivity contribution < 1.29 is 17.9 Å². The van der Waals surface area contributed by atoms with Crippen LogP contribution in [0.1, 0.15) is 17.5 Å². The van der Waals surface area contributed by atoms with Crippen molar-refractivity contribution in [2.45, 2.75) is 11.9 Å². The average Bonchev–Trinajstić information content (AvgIpc) is 2.88. The highest BCUT2D eigenvalue weighted by atomic mass is 32.2. The van der Waals surface area contributed by atoms with E-state index in [2.05, 4.69) is 4.98 Å². The number of esters is 1. The SMILES string of the molecule is CCOC(=O)c1nc(S(=O)(=O)N(C)CC#N)c2ccccn12. The number of sulfonamides is 1. The number of fused-ring (bicyclic) bond motifs is 1. The summed E-state index contributed by atoms with van der Waals surface area (Å²) in [5.74, 6) is -0.838. The lowest BCUT2D eigenvalue weighted by Crippen LogP contribution is -2.27. The van der Waals surface area contributed by atoms with Gasteiger partial charge in [0.15, 0.2) is 5.03 Å². The third kappa shape index (κ3) is 2.66. The molecule has 0 saturated carbocycles. The number of ether oxygens (including phenoxy) is 1. The van der Waals surface area contributed by atoms with Crippen LogP contribution in [0.3, 0.4) is 0 Å². The van der Waals surface area contributed by atoms with Crippen molar-refractivity contribution >= 4 is 21.5 Å². The normalized spacial score (nSPS) is 11.5. The second kappa shape index (κ2) is 6.13. The van der Waals surface area contributed by atoms with Crippen LogP contribution in [0.2, 0.25) is 0 Å². The van der Waals surface area contributed by atoms with Gasteiger partial charge >= 0.3 is 5.97 Å². The molecule has 0 unspecified atom stereocenters. The van der Waals surface area contributed by atoms with Gasteiger partial charge < -0.3 is 4.74 Å². The van der Waals surface area contributed by atoms with Gasteiger partial charge in [-0.1, -0.05) is 6.07 Å². The van der Waals surface area contributed by atoms with Crippen LogP contribution < -0.4 is 0 Å². The van der Waals surface area contributed by atoms with Crippen molar-refractivity contribution in [1.29, 1.82) is 5.26 Å². The highest BCUT2D eigenvalue weighted by molar-refractivity contribution is 7.89. The summed E-state index contributed by atoms with van der Waals surface area (Å²) in [6, 6.07) is 6.57. The first-order valence-electron chi connectivity index (χ1n) is 6.41. The van der Waals surface area contributed by atoms with Gasteiger partial charge in [0.25, 0.3) is 10.0 Å². The van der Waals surface area contributed by atoms with E-state index in [-0.39, 0.29) is 29.5 Å². The van der Waals surface area contributed by atoms with E-state index in [1.807, 2.05) is 0 Å². The molecule has 2 heterocycles. The number of hydrogen-bond acceptors (Lipinski definition) is 6. The first-order valence-corrected chi connectivity index (χ1v) is 7.85. The lowest BCUT2D eigenvalue weighted by Gasteiger charge is -2.11. The number of imidazole rings is 1. The molecule has 0 aliphatic heterocycles. The zero-order chi connectivity index (χ0) is 16.3. The van der Waals surface area contributed by atoms with Gasteiger partial charge in [0.1, 0.15) is 6.54 Å². The Morgan fingerprint density at radius 1 is 1.50 bits per heavy atom. The molecule has 0 aliphatic carbocycles. The summed E-state index contributed by atoms with van der Waals surface area (Å²) in [7, 11) is -2.71. The van der Waals surface area contributed by atoms with Crippen LogP contribution in [0, 0.1) is 11.3 Å². The minimum absolute atomic E-state index is 0.124. The first-order chi connectivity index (χ1) is 10.4. The first kappa shape index (κ1) is 15.9. The van der Waals surface area contributed by atoms with Crippen molar-refractivity contribution in [3.05, 3.63) is 30.2 Å². The Kier molecular flexibility index (Phi) is 4.44. The van der Waals surface area contributed by atoms with E-state index in [4.69, 9.17) is 10.00 Å². The third-order valence-electron chi connectivity index (χ3n) is 2.92. The Labute approximate surface area is 127 Å². The topological polar surface area (TPSA) is 105 Å². The monoisotopic (exact) mass is 322 g/mol. The molecule has 22 heavy (non-hydrogen) atoms. The van der Waals surface area contributed by atoms with Crippen LogP contribution in [0.25, 0.3) is 5.52 Å². The molecule has 0 N–H and O–H groups in total. The summed E-state index contributed by atoms with van der Waals surface area (Å²) in [6.45, 7) is 1.48. The summed E-state index contributed by atoms with van der Waals surface area (Å²) in [4.78, 5) is 15.9. The quantitative estimate of drug-likeness (QED) is 0.591. The molecule has 116 valence electrons. The van der Waals surface area contributed by atoms with E-state index in [1.54, 1.807) is 25.1 Å². The van der Waals surface area contributed by atoms with Crippen LogP contribution in [0.15, 0.2) is 29.4 Å². The number of hydrogen-bond donors (Lipinski definition) is 0. The molecule has 2 rings (SSSR count). The molecule has 9 heteroatoms. The van der Waals surface area contributed by atoms with Gasteiger partial charge in [-0.2, -0.15) is 9.57 Å². The van der Waals surface area contributed by atoms with Crippen molar-refractivity contribution in [1.82, 2.24) is 13.7 Å². The molecule has 0 aliphatic rings. The molecule has 0 atom stereocenters. The fourth-order valence-electron chi connectivity index (χ4n) is 1.87. The van der Waals surface area contributed by atoms with Crippen LogP contribution in [0.4, 0.5) is 0 Å². The Hall–Kier alpha value is -2.44. The smallest absolute Gasteiger partial charge is 0.374 e. The Morgan fingerprint density at radius 3 is 2.86 bits per heavy atom. The van der Waals surface area contributed by atoms with E-state index in [0.29, 0.717) is 0 Å². The molecule has 2 aromatic rings. The van der Waals surface area contributed by atoms with Crippen LogP contribution in [-0.2, 0) is 14.8 Å². The predicted molar refractivity (Wildman–Crippen MR) is 76.6 cm³/mol.